The van der Waals surface area contributed by atoms with Crippen LogP contribution in [-0.4, -0.2) is 52.5 Å². The van der Waals surface area contributed by atoms with Crippen molar-refractivity contribution >= 4 is 11.9 Å². The lowest BCUT2D eigenvalue weighted by molar-refractivity contribution is -0.176. The maximum absolute atomic E-state index is 12.5. The van der Waals surface area contributed by atoms with Crippen LogP contribution >= 0.6 is 0 Å². The van der Waals surface area contributed by atoms with Gasteiger partial charge in [-0.05, 0) is 13.3 Å². The zero-order valence-electron chi connectivity index (χ0n) is 12.7. The van der Waals surface area contributed by atoms with E-state index in [1.165, 1.54) is 6.92 Å². The summed E-state index contributed by atoms with van der Waals surface area (Å²) in [6.45, 7) is 5.62. The van der Waals surface area contributed by atoms with Gasteiger partial charge < -0.3 is 26.0 Å². The highest BCUT2D eigenvalue weighted by Gasteiger charge is 2.71. The summed E-state index contributed by atoms with van der Waals surface area (Å²) < 4.78 is 5.62. The van der Waals surface area contributed by atoms with Crippen molar-refractivity contribution in [1.82, 2.24) is 5.32 Å². The van der Waals surface area contributed by atoms with E-state index in [0.29, 0.717) is 6.61 Å². The number of nitrogens with one attached hydrogen (secondary N) is 1. The molecule has 0 aromatic carbocycles. The molecule has 1 saturated heterocycles. The Balaban J connectivity index is 2.02. The van der Waals surface area contributed by atoms with Crippen molar-refractivity contribution in [3.8, 4) is 0 Å². The van der Waals surface area contributed by atoms with Crippen molar-refractivity contribution in [1.29, 1.82) is 0 Å². The smallest absolute Gasteiger partial charge is 0.306 e. The molecule has 1 saturated carbocycles. The predicted octanol–water partition coefficient (Wildman–Crippen LogP) is -0.529. The Kier molecular flexibility index (Phi) is 3.80. The monoisotopic (exact) mass is 300 g/mol. The largest absolute Gasteiger partial charge is 0.481 e. The predicted molar refractivity (Wildman–Crippen MR) is 74.4 cm³/mol. The number of carboxylic acids is 1. The van der Waals surface area contributed by atoms with Gasteiger partial charge in [0.15, 0.2) is 0 Å². The molecule has 0 bridgehead atoms. The van der Waals surface area contributed by atoms with Gasteiger partial charge in [0.2, 0.25) is 5.91 Å². The van der Waals surface area contributed by atoms with Gasteiger partial charge in [-0.3, -0.25) is 9.59 Å². The molecule has 7 nitrogen and oxygen atoms in total. The number of aliphatic carboxylic acids is 1. The highest BCUT2D eigenvalue weighted by atomic mass is 16.5. The van der Waals surface area contributed by atoms with E-state index in [2.05, 4.69) is 5.32 Å². The molecule has 1 aliphatic carbocycles. The quantitative estimate of drug-likeness (QED) is 0.541. The molecule has 1 heterocycles. The van der Waals surface area contributed by atoms with Gasteiger partial charge >= 0.3 is 5.97 Å². The van der Waals surface area contributed by atoms with Crippen LogP contribution in [0.25, 0.3) is 0 Å². The van der Waals surface area contributed by atoms with Crippen molar-refractivity contribution < 1.29 is 24.5 Å². The van der Waals surface area contributed by atoms with E-state index in [-0.39, 0.29) is 24.5 Å². The second-order valence-corrected chi connectivity index (χ2v) is 7.03. The van der Waals surface area contributed by atoms with Gasteiger partial charge in [0.05, 0.1) is 18.1 Å². The Morgan fingerprint density at radius 3 is 2.67 bits per heavy atom. The average Bonchev–Trinajstić information content (AvgIpc) is 2.81. The van der Waals surface area contributed by atoms with E-state index in [1.54, 1.807) is 0 Å². The normalized spacial score (nSPS) is 36.2. The fourth-order valence-corrected chi connectivity index (χ4v) is 3.65. The maximum Gasteiger partial charge on any atom is 0.306 e. The molecule has 0 aromatic rings. The first-order chi connectivity index (χ1) is 9.52. The second-order valence-electron chi connectivity index (χ2n) is 7.03. The molecule has 0 radical (unpaired) electrons. The molecule has 2 aliphatic rings. The minimum absolute atomic E-state index is 0.0206. The average molecular weight is 300 g/mol. The van der Waals surface area contributed by atoms with E-state index in [0.717, 1.165) is 6.42 Å². The molecular formula is C14H24N2O5. The van der Waals surface area contributed by atoms with E-state index in [4.69, 9.17) is 15.6 Å². The summed E-state index contributed by atoms with van der Waals surface area (Å²) in [7, 11) is 0. The standard InChI is InChI=1S/C14H24N2O5/c1-12(2)10-8(4-5-21-10)14(12,15)11(19)16-7-13(3,20)6-9(17)18/h8,10,20H,4-7,15H2,1-3H3,(H,16,19)(H,17,18). The summed E-state index contributed by atoms with van der Waals surface area (Å²) in [6.07, 6.45) is 0.278. The van der Waals surface area contributed by atoms with E-state index in [9.17, 15) is 14.7 Å². The molecule has 2 fully saturated rings. The van der Waals surface area contributed by atoms with Crippen LogP contribution in [0.2, 0.25) is 0 Å². The van der Waals surface area contributed by atoms with Crippen molar-refractivity contribution in [2.45, 2.75) is 50.9 Å². The zero-order chi connectivity index (χ0) is 16.1. The van der Waals surface area contributed by atoms with Crippen molar-refractivity contribution in [2.24, 2.45) is 17.1 Å². The molecule has 120 valence electrons. The van der Waals surface area contributed by atoms with Crippen molar-refractivity contribution in [3.63, 3.8) is 0 Å². The summed E-state index contributed by atoms with van der Waals surface area (Å²) in [5, 5.41) is 21.3. The Morgan fingerprint density at radius 2 is 2.10 bits per heavy atom. The lowest BCUT2D eigenvalue weighted by atomic mass is 9.48. The number of carbonyl (C=O) groups excluding carboxylic acids is 1. The molecule has 2 rings (SSSR count). The number of hydrogen-bond acceptors (Lipinski definition) is 5. The number of carboxylic acid groups (broad SMARTS) is 1. The van der Waals surface area contributed by atoms with Gasteiger partial charge in [0.25, 0.3) is 0 Å². The number of hydrogen-bond donors (Lipinski definition) is 4. The van der Waals surface area contributed by atoms with Crippen LogP contribution in [0.1, 0.15) is 33.6 Å². The van der Waals surface area contributed by atoms with Crippen LogP contribution in [0.3, 0.4) is 0 Å². The van der Waals surface area contributed by atoms with Gasteiger partial charge in [0, 0.05) is 24.5 Å². The summed E-state index contributed by atoms with van der Waals surface area (Å²) in [5.41, 5.74) is 3.31. The van der Waals surface area contributed by atoms with E-state index < -0.39 is 28.9 Å². The van der Waals surface area contributed by atoms with Crippen molar-refractivity contribution in [2.75, 3.05) is 13.2 Å². The molecule has 7 heteroatoms. The van der Waals surface area contributed by atoms with E-state index in [1.807, 2.05) is 13.8 Å². The van der Waals surface area contributed by atoms with Crippen LogP contribution < -0.4 is 11.1 Å². The molecule has 0 spiro atoms. The van der Waals surface area contributed by atoms with Crippen LogP contribution in [0.4, 0.5) is 0 Å². The number of amides is 1. The first kappa shape index (κ1) is 16.2. The number of fused-ring (bicyclic) bond motifs is 1. The SMILES string of the molecule is CC(O)(CNC(=O)C1(N)C2CCOC2C1(C)C)CC(=O)O. The number of ether oxygens (including phenoxy) is 1. The fraction of sp³-hybridized carbons (Fsp3) is 0.857. The second kappa shape index (κ2) is 4.93. The third kappa shape index (κ3) is 2.43. The van der Waals surface area contributed by atoms with Crippen LogP contribution in [0, 0.1) is 11.3 Å². The Morgan fingerprint density at radius 1 is 1.48 bits per heavy atom. The number of aliphatic hydroxyl groups is 1. The Hall–Kier alpha value is -1.18. The highest BCUT2D eigenvalue weighted by molar-refractivity contribution is 5.89. The summed E-state index contributed by atoms with van der Waals surface area (Å²) in [4.78, 5) is 23.2. The molecular weight excluding hydrogens is 276 g/mol. The third-order valence-electron chi connectivity index (χ3n) is 4.99. The van der Waals surface area contributed by atoms with Gasteiger partial charge in [-0.25, -0.2) is 0 Å². The summed E-state index contributed by atoms with van der Waals surface area (Å²) >= 11 is 0. The third-order valence-corrected chi connectivity index (χ3v) is 4.99. The van der Waals surface area contributed by atoms with Gasteiger partial charge in [-0.15, -0.1) is 0 Å². The van der Waals surface area contributed by atoms with Crippen LogP contribution in [-0.2, 0) is 14.3 Å². The maximum atomic E-state index is 12.5. The summed E-state index contributed by atoms with van der Waals surface area (Å²) in [5.74, 6) is -1.51. The zero-order valence-corrected chi connectivity index (χ0v) is 12.7. The van der Waals surface area contributed by atoms with Crippen LogP contribution in [0.15, 0.2) is 0 Å². The lowest BCUT2D eigenvalue weighted by Crippen LogP contribution is -2.80. The molecule has 21 heavy (non-hydrogen) atoms. The first-order valence-electron chi connectivity index (χ1n) is 7.15. The molecule has 4 atom stereocenters. The molecule has 1 amide bonds. The number of nitrogens with two attached hydrogens (primary N) is 1. The molecule has 5 N–H and O–H groups in total. The molecule has 1 aliphatic heterocycles. The lowest BCUT2D eigenvalue weighted by Gasteiger charge is -2.60. The molecule has 0 aromatic heterocycles. The van der Waals surface area contributed by atoms with Gasteiger partial charge in [-0.2, -0.15) is 0 Å². The van der Waals surface area contributed by atoms with Gasteiger partial charge in [-0.1, -0.05) is 13.8 Å². The number of carbonyl (C=O) groups is 2. The van der Waals surface area contributed by atoms with Crippen LogP contribution in [0.5, 0.6) is 0 Å². The topological polar surface area (TPSA) is 122 Å². The Labute approximate surface area is 123 Å². The minimum atomic E-state index is -1.50. The van der Waals surface area contributed by atoms with E-state index >= 15 is 0 Å². The van der Waals surface area contributed by atoms with Gasteiger partial charge in [0.1, 0.15) is 5.54 Å². The molecule has 4 unspecified atom stereocenters. The number of rotatable bonds is 5. The summed E-state index contributed by atoms with van der Waals surface area (Å²) in [6, 6.07) is 0. The van der Waals surface area contributed by atoms with Crippen molar-refractivity contribution in [3.05, 3.63) is 0 Å². The first-order valence-corrected chi connectivity index (χ1v) is 7.15. The fourth-order valence-electron chi connectivity index (χ4n) is 3.65. The minimum Gasteiger partial charge on any atom is -0.481 e. The Bertz CT molecular complexity index is 462. The highest BCUT2D eigenvalue weighted by Crippen LogP contribution is 2.58.